The van der Waals surface area contributed by atoms with E-state index in [4.69, 9.17) is 4.52 Å². The highest BCUT2D eigenvalue weighted by molar-refractivity contribution is 7.91. The van der Waals surface area contributed by atoms with Gasteiger partial charge in [-0.25, -0.2) is 8.42 Å². The van der Waals surface area contributed by atoms with Gasteiger partial charge < -0.3 is 9.42 Å². The molecule has 0 spiro atoms. The maximum atomic E-state index is 12.5. The van der Waals surface area contributed by atoms with Gasteiger partial charge in [-0.3, -0.25) is 4.79 Å². The summed E-state index contributed by atoms with van der Waals surface area (Å²) in [6.45, 7) is 2.15. The molecule has 29 heavy (non-hydrogen) atoms. The number of aryl methyl sites for hydroxylation is 1. The van der Waals surface area contributed by atoms with Gasteiger partial charge in [0.1, 0.15) is 11.5 Å². The minimum atomic E-state index is -3.27. The quantitative estimate of drug-likeness (QED) is 0.562. The molecule has 152 valence electrons. The van der Waals surface area contributed by atoms with Crippen LogP contribution in [0.15, 0.2) is 70.1 Å². The zero-order chi connectivity index (χ0) is 20.9. The third-order valence-electron chi connectivity index (χ3n) is 4.73. The SMILES string of the molecule is CCS(=O)(=O)c1ccc(C(=O)N(C)CCCc2cc(-c3ccccc3)no2)cc1. The Bertz CT molecular complexity index is 1060. The number of aromatic nitrogens is 1. The maximum absolute atomic E-state index is 12.5. The molecule has 0 saturated carbocycles. The van der Waals surface area contributed by atoms with Crippen molar-refractivity contribution < 1.29 is 17.7 Å². The van der Waals surface area contributed by atoms with E-state index in [9.17, 15) is 13.2 Å². The summed E-state index contributed by atoms with van der Waals surface area (Å²) < 4.78 is 29.1. The van der Waals surface area contributed by atoms with E-state index in [1.54, 1.807) is 31.0 Å². The summed E-state index contributed by atoms with van der Waals surface area (Å²) in [5, 5.41) is 4.10. The molecule has 0 radical (unpaired) electrons. The van der Waals surface area contributed by atoms with Crippen LogP contribution in [0.3, 0.4) is 0 Å². The molecule has 3 aromatic rings. The van der Waals surface area contributed by atoms with Crippen LogP contribution >= 0.6 is 0 Å². The van der Waals surface area contributed by atoms with Crippen LogP contribution in [0.25, 0.3) is 11.3 Å². The molecule has 0 aliphatic carbocycles. The summed E-state index contributed by atoms with van der Waals surface area (Å²) in [5.74, 6) is 0.667. The highest BCUT2D eigenvalue weighted by Gasteiger charge is 2.15. The molecule has 1 heterocycles. The van der Waals surface area contributed by atoms with Gasteiger partial charge in [0, 0.05) is 37.2 Å². The van der Waals surface area contributed by atoms with E-state index in [2.05, 4.69) is 5.16 Å². The molecule has 7 heteroatoms. The Balaban J connectivity index is 1.54. The van der Waals surface area contributed by atoms with Crippen LogP contribution in [-0.2, 0) is 16.3 Å². The normalized spacial score (nSPS) is 11.4. The lowest BCUT2D eigenvalue weighted by atomic mass is 10.1. The van der Waals surface area contributed by atoms with Crippen molar-refractivity contribution >= 4 is 15.7 Å². The third kappa shape index (κ3) is 5.12. The Hall–Kier alpha value is -2.93. The molecule has 1 aromatic heterocycles. The fraction of sp³-hybridized carbons (Fsp3) is 0.273. The first-order valence-electron chi connectivity index (χ1n) is 9.50. The first-order valence-corrected chi connectivity index (χ1v) is 11.1. The number of carbonyl (C=O) groups is 1. The molecule has 0 N–H and O–H groups in total. The van der Waals surface area contributed by atoms with E-state index in [1.165, 1.54) is 12.1 Å². The topological polar surface area (TPSA) is 80.5 Å². The average Bonchev–Trinajstić information content (AvgIpc) is 3.23. The van der Waals surface area contributed by atoms with Crippen LogP contribution in [0.2, 0.25) is 0 Å². The number of sulfone groups is 1. The van der Waals surface area contributed by atoms with E-state index in [1.807, 2.05) is 36.4 Å². The molecule has 0 saturated heterocycles. The predicted octanol–water partition coefficient (Wildman–Crippen LogP) is 3.84. The van der Waals surface area contributed by atoms with Gasteiger partial charge in [-0.2, -0.15) is 0 Å². The Labute approximate surface area is 171 Å². The molecular formula is C22H24N2O4S. The van der Waals surface area contributed by atoms with Crippen LogP contribution in [0, 0.1) is 0 Å². The molecular weight excluding hydrogens is 388 g/mol. The van der Waals surface area contributed by atoms with Crippen molar-refractivity contribution in [3.8, 4) is 11.3 Å². The fourth-order valence-electron chi connectivity index (χ4n) is 2.96. The summed E-state index contributed by atoms with van der Waals surface area (Å²) in [6, 6.07) is 17.8. The third-order valence-corrected chi connectivity index (χ3v) is 6.48. The monoisotopic (exact) mass is 412 g/mol. The second-order valence-electron chi connectivity index (χ2n) is 6.80. The van der Waals surface area contributed by atoms with Gasteiger partial charge in [0.2, 0.25) is 0 Å². The van der Waals surface area contributed by atoms with Gasteiger partial charge in [0.05, 0.1) is 10.6 Å². The van der Waals surface area contributed by atoms with Gasteiger partial charge in [-0.1, -0.05) is 42.4 Å². The van der Waals surface area contributed by atoms with Crippen LogP contribution in [0.1, 0.15) is 29.5 Å². The summed E-state index contributed by atoms with van der Waals surface area (Å²) in [7, 11) is -1.53. The molecule has 0 aliphatic heterocycles. The molecule has 6 nitrogen and oxygen atoms in total. The summed E-state index contributed by atoms with van der Waals surface area (Å²) in [6.07, 6.45) is 1.40. The van der Waals surface area contributed by atoms with Gasteiger partial charge in [0.25, 0.3) is 5.91 Å². The van der Waals surface area contributed by atoms with Crippen molar-refractivity contribution in [1.82, 2.24) is 10.1 Å². The Morgan fingerprint density at radius 2 is 1.76 bits per heavy atom. The van der Waals surface area contributed by atoms with Crippen LogP contribution in [-0.4, -0.2) is 43.7 Å². The number of nitrogens with zero attached hydrogens (tertiary/aromatic N) is 2. The van der Waals surface area contributed by atoms with Crippen molar-refractivity contribution in [3.05, 3.63) is 72.0 Å². The van der Waals surface area contributed by atoms with Gasteiger partial charge >= 0.3 is 0 Å². The van der Waals surface area contributed by atoms with Crippen molar-refractivity contribution in [1.29, 1.82) is 0 Å². The first kappa shape index (κ1) is 20.8. The smallest absolute Gasteiger partial charge is 0.253 e. The number of benzene rings is 2. The Morgan fingerprint density at radius 1 is 1.07 bits per heavy atom. The summed E-state index contributed by atoms with van der Waals surface area (Å²) in [5.41, 5.74) is 2.27. The van der Waals surface area contributed by atoms with E-state index in [0.29, 0.717) is 18.5 Å². The predicted molar refractivity (Wildman–Crippen MR) is 111 cm³/mol. The second-order valence-corrected chi connectivity index (χ2v) is 9.08. The lowest BCUT2D eigenvalue weighted by Gasteiger charge is -2.17. The summed E-state index contributed by atoms with van der Waals surface area (Å²) >= 11 is 0. The lowest BCUT2D eigenvalue weighted by Crippen LogP contribution is -2.28. The summed E-state index contributed by atoms with van der Waals surface area (Å²) in [4.78, 5) is 14.4. The zero-order valence-electron chi connectivity index (χ0n) is 16.5. The molecule has 1 amide bonds. The number of carbonyl (C=O) groups excluding carboxylic acids is 1. The van der Waals surface area contributed by atoms with E-state index >= 15 is 0 Å². The molecule has 0 bridgehead atoms. The highest BCUT2D eigenvalue weighted by atomic mass is 32.2. The molecule has 0 unspecified atom stereocenters. The van der Waals surface area contributed by atoms with Gasteiger partial charge in [0.15, 0.2) is 9.84 Å². The molecule has 0 atom stereocenters. The zero-order valence-corrected chi connectivity index (χ0v) is 17.4. The van der Waals surface area contributed by atoms with Crippen molar-refractivity contribution in [2.75, 3.05) is 19.3 Å². The number of hydrogen-bond acceptors (Lipinski definition) is 5. The maximum Gasteiger partial charge on any atom is 0.253 e. The van der Waals surface area contributed by atoms with E-state index < -0.39 is 9.84 Å². The largest absolute Gasteiger partial charge is 0.361 e. The molecule has 2 aromatic carbocycles. The molecule has 0 fully saturated rings. The van der Waals surface area contributed by atoms with Crippen LogP contribution < -0.4 is 0 Å². The average molecular weight is 413 g/mol. The Morgan fingerprint density at radius 3 is 2.41 bits per heavy atom. The van der Waals surface area contributed by atoms with Gasteiger partial charge in [-0.15, -0.1) is 0 Å². The Kier molecular flexibility index (Phi) is 6.49. The molecule has 0 aliphatic rings. The standard InChI is InChI=1S/C22H24N2O4S/c1-3-29(26,27)20-13-11-18(12-14-20)22(25)24(2)15-7-10-19-16-21(23-28-19)17-8-5-4-6-9-17/h4-6,8-9,11-14,16H,3,7,10,15H2,1-2H3. The van der Waals surface area contributed by atoms with Crippen LogP contribution in [0.4, 0.5) is 0 Å². The lowest BCUT2D eigenvalue weighted by molar-refractivity contribution is 0.0792. The minimum Gasteiger partial charge on any atom is -0.361 e. The van der Waals surface area contributed by atoms with Gasteiger partial charge in [-0.05, 0) is 30.7 Å². The first-order chi connectivity index (χ1) is 13.9. The van der Waals surface area contributed by atoms with Crippen molar-refractivity contribution in [3.63, 3.8) is 0 Å². The fourth-order valence-corrected chi connectivity index (χ4v) is 3.84. The minimum absolute atomic E-state index is 0.0355. The van der Waals surface area contributed by atoms with Crippen molar-refractivity contribution in [2.24, 2.45) is 0 Å². The number of hydrogen-bond donors (Lipinski definition) is 0. The number of rotatable bonds is 8. The van der Waals surface area contributed by atoms with E-state index in [-0.39, 0.29) is 16.6 Å². The number of amides is 1. The van der Waals surface area contributed by atoms with Crippen LogP contribution in [0.5, 0.6) is 0 Å². The molecule has 3 rings (SSSR count). The second kappa shape index (κ2) is 9.05. The van der Waals surface area contributed by atoms with Crippen molar-refractivity contribution in [2.45, 2.75) is 24.7 Å². The van der Waals surface area contributed by atoms with E-state index in [0.717, 1.165) is 23.4 Å². The highest BCUT2D eigenvalue weighted by Crippen LogP contribution is 2.19.